The summed E-state index contributed by atoms with van der Waals surface area (Å²) in [5, 5.41) is 0. The maximum atomic E-state index is 12.3. The number of rotatable bonds is 2. The average molecular weight is 319 g/mol. The van der Waals surface area contributed by atoms with Gasteiger partial charge in [0.15, 0.2) is 0 Å². The molecule has 0 aliphatic carbocycles. The summed E-state index contributed by atoms with van der Waals surface area (Å²) in [4.78, 5) is 4.24. The van der Waals surface area contributed by atoms with Crippen molar-refractivity contribution < 1.29 is 8.42 Å². The second-order valence-corrected chi connectivity index (χ2v) is 7.15. The van der Waals surface area contributed by atoms with Crippen LogP contribution in [0, 0.1) is 5.92 Å². The van der Waals surface area contributed by atoms with E-state index in [-0.39, 0.29) is 4.90 Å². The van der Waals surface area contributed by atoms with Gasteiger partial charge in [0.25, 0.3) is 0 Å². The van der Waals surface area contributed by atoms with Crippen molar-refractivity contribution >= 4 is 26.0 Å². The standard InChI is InChI=1S/C11H15BrN2O2S/c1-9-4-6-14(7-5-9)17(15,16)10-2-3-11(12)13-8-10/h2-3,8-9H,4-7H2,1H3. The average Bonchev–Trinajstić information content (AvgIpc) is 2.30. The normalized spacial score (nSPS) is 19.4. The summed E-state index contributed by atoms with van der Waals surface area (Å²) in [5.41, 5.74) is 0. The topological polar surface area (TPSA) is 50.3 Å². The van der Waals surface area contributed by atoms with Gasteiger partial charge in [-0.1, -0.05) is 6.92 Å². The summed E-state index contributed by atoms with van der Waals surface area (Å²) in [6.07, 6.45) is 3.27. The maximum absolute atomic E-state index is 12.3. The molecule has 1 fully saturated rings. The molecule has 94 valence electrons. The third-order valence-electron chi connectivity index (χ3n) is 3.08. The molecule has 0 atom stereocenters. The van der Waals surface area contributed by atoms with Gasteiger partial charge in [-0.05, 0) is 46.8 Å². The Morgan fingerprint density at radius 2 is 2.00 bits per heavy atom. The highest BCUT2D eigenvalue weighted by Crippen LogP contribution is 2.23. The Hall–Kier alpha value is -0.460. The molecule has 17 heavy (non-hydrogen) atoms. The van der Waals surface area contributed by atoms with Crippen molar-refractivity contribution in [1.82, 2.24) is 9.29 Å². The molecular weight excluding hydrogens is 304 g/mol. The second kappa shape index (κ2) is 5.04. The van der Waals surface area contributed by atoms with E-state index >= 15 is 0 Å². The van der Waals surface area contributed by atoms with Gasteiger partial charge in [0.2, 0.25) is 10.0 Å². The lowest BCUT2D eigenvalue weighted by Crippen LogP contribution is -2.37. The molecule has 2 heterocycles. The second-order valence-electron chi connectivity index (χ2n) is 4.40. The number of halogens is 1. The molecule has 1 saturated heterocycles. The van der Waals surface area contributed by atoms with E-state index in [0.29, 0.717) is 23.6 Å². The molecule has 4 nitrogen and oxygen atoms in total. The number of pyridine rings is 1. The van der Waals surface area contributed by atoms with Crippen LogP contribution in [0.4, 0.5) is 0 Å². The molecule has 6 heteroatoms. The van der Waals surface area contributed by atoms with E-state index in [1.807, 2.05) is 0 Å². The Morgan fingerprint density at radius 3 is 2.53 bits per heavy atom. The van der Waals surface area contributed by atoms with Crippen molar-refractivity contribution in [1.29, 1.82) is 0 Å². The Bertz CT molecular complexity index is 479. The van der Waals surface area contributed by atoms with E-state index in [0.717, 1.165) is 12.8 Å². The molecule has 0 N–H and O–H groups in total. The summed E-state index contributed by atoms with van der Waals surface area (Å²) < 4.78 is 26.7. The fourth-order valence-electron chi connectivity index (χ4n) is 1.89. The first-order valence-corrected chi connectivity index (χ1v) is 7.85. The predicted molar refractivity (Wildman–Crippen MR) is 69.1 cm³/mol. The van der Waals surface area contributed by atoms with Crippen molar-refractivity contribution in [2.45, 2.75) is 24.7 Å². The van der Waals surface area contributed by atoms with Gasteiger partial charge in [0, 0.05) is 19.3 Å². The van der Waals surface area contributed by atoms with E-state index in [1.54, 1.807) is 16.4 Å². The molecule has 2 rings (SSSR count). The van der Waals surface area contributed by atoms with Crippen LogP contribution < -0.4 is 0 Å². The van der Waals surface area contributed by atoms with E-state index in [4.69, 9.17) is 0 Å². The van der Waals surface area contributed by atoms with Crippen LogP contribution in [0.3, 0.4) is 0 Å². The number of piperidine rings is 1. The minimum atomic E-state index is -3.35. The zero-order valence-corrected chi connectivity index (χ0v) is 12.0. The van der Waals surface area contributed by atoms with Crippen LogP contribution in [0.1, 0.15) is 19.8 Å². The van der Waals surface area contributed by atoms with E-state index < -0.39 is 10.0 Å². The zero-order chi connectivity index (χ0) is 12.5. The molecule has 0 aromatic carbocycles. The van der Waals surface area contributed by atoms with Gasteiger partial charge in [0.1, 0.15) is 9.50 Å². The van der Waals surface area contributed by atoms with Crippen LogP contribution in [0.5, 0.6) is 0 Å². The van der Waals surface area contributed by atoms with Gasteiger partial charge in [-0.3, -0.25) is 0 Å². The molecule has 1 aliphatic rings. The molecule has 0 spiro atoms. The molecule has 0 bridgehead atoms. The van der Waals surface area contributed by atoms with Gasteiger partial charge in [-0.2, -0.15) is 4.31 Å². The SMILES string of the molecule is CC1CCN(S(=O)(=O)c2ccc(Br)nc2)CC1. The lowest BCUT2D eigenvalue weighted by Gasteiger charge is -2.29. The Kier molecular flexibility index (Phi) is 3.85. The quantitative estimate of drug-likeness (QED) is 0.786. The lowest BCUT2D eigenvalue weighted by molar-refractivity contribution is 0.288. The van der Waals surface area contributed by atoms with E-state index in [2.05, 4.69) is 27.8 Å². The minimum absolute atomic E-state index is 0.273. The highest BCUT2D eigenvalue weighted by Gasteiger charge is 2.28. The number of aromatic nitrogens is 1. The van der Waals surface area contributed by atoms with Crippen molar-refractivity contribution in [2.75, 3.05) is 13.1 Å². The maximum Gasteiger partial charge on any atom is 0.244 e. The minimum Gasteiger partial charge on any atom is -0.248 e. The van der Waals surface area contributed by atoms with Crippen molar-refractivity contribution in [3.8, 4) is 0 Å². The van der Waals surface area contributed by atoms with Crippen LogP contribution in [-0.4, -0.2) is 30.8 Å². The van der Waals surface area contributed by atoms with Crippen molar-refractivity contribution in [3.05, 3.63) is 22.9 Å². The number of hydrogen-bond acceptors (Lipinski definition) is 3. The fraction of sp³-hybridized carbons (Fsp3) is 0.545. The fourth-order valence-corrected chi connectivity index (χ4v) is 3.54. The van der Waals surface area contributed by atoms with Crippen LogP contribution in [-0.2, 0) is 10.0 Å². The van der Waals surface area contributed by atoms with Gasteiger partial charge < -0.3 is 0 Å². The molecule has 0 unspecified atom stereocenters. The Morgan fingerprint density at radius 1 is 1.35 bits per heavy atom. The molecule has 0 amide bonds. The van der Waals surface area contributed by atoms with E-state index in [1.165, 1.54) is 6.20 Å². The van der Waals surface area contributed by atoms with Crippen LogP contribution >= 0.6 is 15.9 Å². The van der Waals surface area contributed by atoms with Gasteiger partial charge in [0.05, 0.1) is 0 Å². The summed E-state index contributed by atoms with van der Waals surface area (Å²) >= 11 is 3.20. The van der Waals surface area contributed by atoms with Crippen LogP contribution in [0.15, 0.2) is 27.8 Å². The lowest BCUT2D eigenvalue weighted by atomic mass is 10.0. The monoisotopic (exact) mass is 318 g/mol. The summed E-state index contributed by atoms with van der Waals surface area (Å²) in [6, 6.07) is 3.24. The van der Waals surface area contributed by atoms with Crippen molar-refractivity contribution in [3.63, 3.8) is 0 Å². The highest BCUT2D eigenvalue weighted by atomic mass is 79.9. The smallest absolute Gasteiger partial charge is 0.244 e. The first-order chi connectivity index (χ1) is 8.00. The van der Waals surface area contributed by atoms with Gasteiger partial charge in [-0.15, -0.1) is 0 Å². The molecule has 1 aromatic heterocycles. The number of sulfonamides is 1. The summed E-state index contributed by atoms with van der Waals surface area (Å²) in [6.45, 7) is 3.38. The molecule has 0 saturated carbocycles. The van der Waals surface area contributed by atoms with Crippen molar-refractivity contribution in [2.24, 2.45) is 5.92 Å². The number of nitrogens with zero attached hydrogens (tertiary/aromatic N) is 2. The van der Waals surface area contributed by atoms with Crippen LogP contribution in [0.2, 0.25) is 0 Å². The Balaban J connectivity index is 2.21. The molecule has 1 aromatic rings. The predicted octanol–water partition coefficient (Wildman–Crippen LogP) is 2.26. The summed E-state index contributed by atoms with van der Waals surface area (Å²) in [7, 11) is -3.35. The third-order valence-corrected chi connectivity index (χ3v) is 5.43. The largest absolute Gasteiger partial charge is 0.248 e. The molecule has 0 radical (unpaired) electrons. The Labute approximate surface area is 110 Å². The summed E-state index contributed by atoms with van der Waals surface area (Å²) in [5.74, 6) is 0.615. The highest BCUT2D eigenvalue weighted by molar-refractivity contribution is 9.10. The van der Waals surface area contributed by atoms with Gasteiger partial charge >= 0.3 is 0 Å². The molecular formula is C11H15BrN2O2S. The molecule has 1 aliphatic heterocycles. The zero-order valence-electron chi connectivity index (χ0n) is 9.63. The first-order valence-electron chi connectivity index (χ1n) is 5.62. The first kappa shape index (κ1) is 13.0. The van der Waals surface area contributed by atoms with E-state index in [9.17, 15) is 8.42 Å². The third kappa shape index (κ3) is 2.86. The van der Waals surface area contributed by atoms with Crippen LogP contribution in [0.25, 0.3) is 0 Å². The van der Waals surface area contributed by atoms with Gasteiger partial charge in [-0.25, -0.2) is 13.4 Å². The number of hydrogen-bond donors (Lipinski definition) is 0.